The number of fused-ring (bicyclic) bond motifs is 10. The van der Waals surface area contributed by atoms with Gasteiger partial charge in [0.2, 0.25) is 0 Å². The summed E-state index contributed by atoms with van der Waals surface area (Å²) in [5, 5.41) is 4.98. The molecular formula is C49H34N2. The molecule has 2 aliphatic rings. The second kappa shape index (κ2) is 10.8. The normalized spacial score (nSPS) is 13.9. The van der Waals surface area contributed by atoms with E-state index in [1.54, 1.807) is 0 Å². The van der Waals surface area contributed by atoms with E-state index in [0.717, 1.165) is 24.2 Å². The van der Waals surface area contributed by atoms with Gasteiger partial charge >= 0.3 is 0 Å². The third-order valence-corrected chi connectivity index (χ3v) is 11.6. The summed E-state index contributed by atoms with van der Waals surface area (Å²) in [6, 6.07) is 67.4. The minimum atomic E-state index is -0.0836. The highest BCUT2D eigenvalue weighted by Crippen LogP contribution is 2.56. The highest BCUT2D eigenvalue weighted by Gasteiger charge is 2.47. The summed E-state index contributed by atoms with van der Waals surface area (Å²) in [4.78, 5) is 2.49. The number of nitrogens with zero attached hydrogens (tertiary/aromatic N) is 2. The van der Waals surface area contributed by atoms with Crippen LogP contribution in [0.3, 0.4) is 0 Å². The summed E-state index contributed by atoms with van der Waals surface area (Å²) >= 11 is 0. The largest absolute Gasteiger partial charge is 0.310 e. The smallest absolute Gasteiger partial charge is 0.0561 e. The van der Waals surface area contributed by atoms with Crippen molar-refractivity contribution in [2.45, 2.75) is 18.3 Å². The molecule has 0 amide bonds. The summed E-state index contributed by atoms with van der Waals surface area (Å²) in [6.07, 6.45) is 2.04. The van der Waals surface area contributed by atoms with E-state index in [1.165, 1.54) is 77.3 Å². The second-order valence-electron chi connectivity index (χ2n) is 14.2. The van der Waals surface area contributed by atoms with E-state index in [1.807, 2.05) is 0 Å². The molecule has 8 aromatic carbocycles. The molecule has 1 heterocycles. The van der Waals surface area contributed by atoms with Gasteiger partial charge in [-0.15, -0.1) is 0 Å². The molecule has 1 aromatic heterocycles. The molecule has 0 aliphatic heterocycles. The molecule has 11 rings (SSSR count). The molecule has 0 saturated heterocycles. The maximum atomic E-state index is 2.51. The molecule has 0 N–H and O–H groups in total. The van der Waals surface area contributed by atoms with Crippen LogP contribution in [0, 0.1) is 0 Å². The molecule has 1 spiro atoms. The Bertz CT molecular complexity index is 2790. The molecule has 0 fully saturated rings. The molecule has 51 heavy (non-hydrogen) atoms. The lowest BCUT2D eigenvalue weighted by Crippen LogP contribution is -2.26. The van der Waals surface area contributed by atoms with Gasteiger partial charge in [0.25, 0.3) is 0 Å². The predicted octanol–water partition coefficient (Wildman–Crippen LogP) is 12.5. The predicted molar refractivity (Wildman–Crippen MR) is 213 cm³/mol. The van der Waals surface area contributed by atoms with Gasteiger partial charge in [-0.25, -0.2) is 0 Å². The first-order valence-electron chi connectivity index (χ1n) is 17.9. The average molecular weight is 651 g/mol. The van der Waals surface area contributed by atoms with Crippen molar-refractivity contribution in [1.29, 1.82) is 0 Å². The fraction of sp³-hybridized carbons (Fsp3) is 0.0612. The van der Waals surface area contributed by atoms with Crippen LogP contribution in [-0.4, -0.2) is 4.57 Å². The van der Waals surface area contributed by atoms with Crippen molar-refractivity contribution in [2.75, 3.05) is 4.90 Å². The first-order valence-corrected chi connectivity index (χ1v) is 17.9. The highest BCUT2D eigenvalue weighted by atomic mass is 15.1. The SMILES string of the molecule is c1ccc(-n2c3ccccc3c3ccc(N(c4ccc5c(c4)C4(Cc6ccccc6C4)c4ccccc4-5)c4cccc5ccccc45)cc32)cc1. The summed E-state index contributed by atoms with van der Waals surface area (Å²) in [6.45, 7) is 0. The van der Waals surface area contributed by atoms with Gasteiger partial charge < -0.3 is 9.47 Å². The van der Waals surface area contributed by atoms with Gasteiger partial charge in [0, 0.05) is 38.6 Å². The number of anilines is 3. The summed E-state index contributed by atoms with van der Waals surface area (Å²) < 4.78 is 2.42. The van der Waals surface area contributed by atoms with E-state index >= 15 is 0 Å². The first-order chi connectivity index (χ1) is 25.3. The molecule has 0 atom stereocenters. The van der Waals surface area contributed by atoms with Crippen LogP contribution in [0.25, 0.3) is 49.4 Å². The number of rotatable bonds is 4. The van der Waals surface area contributed by atoms with E-state index in [-0.39, 0.29) is 5.41 Å². The lowest BCUT2D eigenvalue weighted by Gasteiger charge is -2.30. The zero-order valence-corrected chi connectivity index (χ0v) is 28.1. The van der Waals surface area contributed by atoms with E-state index in [4.69, 9.17) is 0 Å². The van der Waals surface area contributed by atoms with Crippen LogP contribution in [-0.2, 0) is 18.3 Å². The summed E-state index contributed by atoms with van der Waals surface area (Å²) in [7, 11) is 0. The molecule has 0 unspecified atom stereocenters. The number of hydrogen-bond donors (Lipinski definition) is 0. The zero-order chi connectivity index (χ0) is 33.5. The molecule has 0 saturated carbocycles. The van der Waals surface area contributed by atoms with Crippen molar-refractivity contribution in [3.8, 4) is 16.8 Å². The monoisotopic (exact) mass is 650 g/mol. The van der Waals surface area contributed by atoms with E-state index < -0.39 is 0 Å². The average Bonchev–Trinajstić information content (AvgIpc) is 3.83. The minimum Gasteiger partial charge on any atom is -0.310 e. The second-order valence-corrected chi connectivity index (χ2v) is 14.2. The van der Waals surface area contributed by atoms with Crippen LogP contribution in [0.15, 0.2) is 182 Å². The Morgan fingerprint density at radius 2 is 1.06 bits per heavy atom. The molecule has 0 radical (unpaired) electrons. The first kappa shape index (κ1) is 28.5. The fourth-order valence-electron chi connectivity index (χ4n) is 9.36. The Morgan fingerprint density at radius 3 is 1.92 bits per heavy atom. The Hall–Kier alpha value is -6.38. The molecule has 2 nitrogen and oxygen atoms in total. The van der Waals surface area contributed by atoms with E-state index in [9.17, 15) is 0 Å². The van der Waals surface area contributed by atoms with Crippen molar-refractivity contribution in [3.05, 3.63) is 204 Å². The Kier molecular flexibility index (Phi) is 6.03. The number of hydrogen-bond acceptors (Lipinski definition) is 1. The molecule has 2 heteroatoms. The Labute approximate surface area is 297 Å². The summed E-state index contributed by atoms with van der Waals surface area (Å²) in [5.41, 5.74) is 15.5. The van der Waals surface area contributed by atoms with Gasteiger partial charge in [0.15, 0.2) is 0 Å². The van der Waals surface area contributed by atoms with Crippen LogP contribution in [0.4, 0.5) is 17.1 Å². The van der Waals surface area contributed by atoms with Crippen molar-refractivity contribution in [3.63, 3.8) is 0 Å². The molecular weight excluding hydrogens is 617 g/mol. The Morgan fingerprint density at radius 1 is 0.431 bits per heavy atom. The quantitative estimate of drug-likeness (QED) is 0.184. The minimum absolute atomic E-state index is 0.0836. The van der Waals surface area contributed by atoms with Gasteiger partial charge in [0.05, 0.1) is 16.7 Å². The maximum absolute atomic E-state index is 2.51. The molecule has 9 aromatic rings. The topological polar surface area (TPSA) is 8.17 Å². The fourth-order valence-corrected chi connectivity index (χ4v) is 9.36. The van der Waals surface area contributed by atoms with E-state index in [2.05, 4.69) is 191 Å². The van der Waals surface area contributed by atoms with Crippen LogP contribution in [0.5, 0.6) is 0 Å². The number of aromatic nitrogens is 1. The van der Waals surface area contributed by atoms with Crippen LogP contribution < -0.4 is 4.90 Å². The van der Waals surface area contributed by atoms with Crippen LogP contribution in [0.2, 0.25) is 0 Å². The Balaban J connectivity index is 1.18. The van der Waals surface area contributed by atoms with Gasteiger partial charge in [-0.05, 0) is 100 Å². The van der Waals surface area contributed by atoms with Gasteiger partial charge in [-0.3, -0.25) is 0 Å². The lowest BCUT2D eigenvalue weighted by atomic mass is 9.75. The lowest BCUT2D eigenvalue weighted by molar-refractivity contribution is 0.563. The van der Waals surface area contributed by atoms with Crippen molar-refractivity contribution in [1.82, 2.24) is 4.57 Å². The van der Waals surface area contributed by atoms with Crippen molar-refractivity contribution < 1.29 is 0 Å². The van der Waals surface area contributed by atoms with Gasteiger partial charge in [-0.2, -0.15) is 0 Å². The van der Waals surface area contributed by atoms with Gasteiger partial charge in [0.1, 0.15) is 0 Å². The summed E-state index contributed by atoms with van der Waals surface area (Å²) in [5.74, 6) is 0. The van der Waals surface area contributed by atoms with Crippen LogP contribution >= 0.6 is 0 Å². The number of benzene rings is 8. The third-order valence-electron chi connectivity index (χ3n) is 11.6. The number of para-hydroxylation sites is 2. The van der Waals surface area contributed by atoms with Crippen molar-refractivity contribution >= 4 is 49.6 Å². The zero-order valence-electron chi connectivity index (χ0n) is 28.1. The maximum Gasteiger partial charge on any atom is 0.0561 e. The standard InChI is InChI=1S/C49H34N2/c1-2-17-36(18-3-1)51-47-23-11-9-21-42(47)43-28-26-38(30-48(43)51)50(46-24-12-16-33-13-6-7-19-39(33)46)37-25-27-41-40-20-8-10-22-44(40)49(45(41)29-37)31-34-14-4-5-15-35(34)32-49/h1-30H,31-32H2. The van der Waals surface area contributed by atoms with Gasteiger partial charge in [-0.1, -0.05) is 133 Å². The van der Waals surface area contributed by atoms with Crippen LogP contribution in [0.1, 0.15) is 22.3 Å². The third kappa shape index (κ3) is 4.11. The molecule has 240 valence electrons. The van der Waals surface area contributed by atoms with Crippen molar-refractivity contribution in [2.24, 2.45) is 0 Å². The van der Waals surface area contributed by atoms with E-state index in [0.29, 0.717) is 0 Å². The molecule has 2 aliphatic carbocycles. The highest BCUT2D eigenvalue weighted by molar-refractivity contribution is 6.11. The molecule has 0 bridgehead atoms.